The quantitative estimate of drug-likeness (QED) is 0.832. The van der Waals surface area contributed by atoms with E-state index in [2.05, 4.69) is 22.5 Å². The predicted molar refractivity (Wildman–Crippen MR) is 87.9 cm³/mol. The first-order valence-corrected chi connectivity index (χ1v) is 7.27. The third-order valence-corrected chi connectivity index (χ3v) is 3.26. The molecule has 0 fully saturated rings. The molecule has 0 radical (unpaired) electrons. The van der Waals surface area contributed by atoms with Gasteiger partial charge in [-0.05, 0) is 30.3 Å². The minimum absolute atomic E-state index is 0.198. The molecule has 5 nitrogen and oxygen atoms in total. The summed E-state index contributed by atoms with van der Waals surface area (Å²) in [6.07, 6.45) is 0. The molecular weight excluding hydrogens is 316 g/mol. The molecular formula is C17H13ClN2O3. The van der Waals surface area contributed by atoms with Gasteiger partial charge in [0, 0.05) is 22.3 Å². The lowest BCUT2D eigenvalue weighted by molar-refractivity contribution is 0.174. The van der Waals surface area contributed by atoms with Gasteiger partial charge in [-0.3, -0.25) is 0 Å². The highest BCUT2D eigenvalue weighted by molar-refractivity contribution is 6.30. The number of fused-ring (bicyclic) bond motifs is 1. The SMILES string of the molecule is O=C(NCC#Cc1cccc(Cl)c1)Nc1ccc2c(c1)OCO2. The van der Waals surface area contributed by atoms with Crippen molar-refractivity contribution < 1.29 is 14.3 Å². The number of anilines is 1. The number of amides is 2. The summed E-state index contributed by atoms with van der Waals surface area (Å²) < 4.78 is 10.5. The zero-order chi connectivity index (χ0) is 16.1. The maximum absolute atomic E-state index is 11.8. The first-order valence-electron chi connectivity index (χ1n) is 6.90. The van der Waals surface area contributed by atoms with Crippen molar-refractivity contribution in [2.45, 2.75) is 0 Å². The van der Waals surface area contributed by atoms with Gasteiger partial charge < -0.3 is 20.1 Å². The molecule has 2 aromatic rings. The number of carbonyl (C=O) groups is 1. The lowest BCUT2D eigenvalue weighted by Gasteiger charge is -2.06. The Morgan fingerprint density at radius 2 is 2.04 bits per heavy atom. The van der Waals surface area contributed by atoms with Crippen molar-refractivity contribution in [1.82, 2.24) is 5.32 Å². The number of carbonyl (C=O) groups excluding carboxylic acids is 1. The molecule has 3 rings (SSSR count). The smallest absolute Gasteiger partial charge is 0.319 e. The van der Waals surface area contributed by atoms with E-state index in [4.69, 9.17) is 21.1 Å². The average Bonchev–Trinajstić information content (AvgIpc) is 2.99. The van der Waals surface area contributed by atoms with Crippen LogP contribution in [0.2, 0.25) is 5.02 Å². The fourth-order valence-corrected chi connectivity index (χ4v) is 2.18. The molecule has 2 aromatic carbocycles. The molecule has 1 aliphatic rings. The van der Waals surface area contributed by atoms with Gasteiger partial charge in [0.1, 0.15) is 0 Å². The number of hydrogen-bond acceptors (Lipinski definition) is 3. The van der Waals surface area contributed by atoms with Crippen LogP contribution < -0.4 is 20.1 Å². The van der Waals surface area contributed by atoms with Gasteiger partial charge in [-0.25, -0.2) is 4.79 Å². The van der Waals surface area contributed by atoms with Crippen molar-refractivity contribution in [2.24, 2.45) is 0 Å². The summed E-state index contributed by atoms with van der Waals surface area (Å²) in [7, 11) is 0. The Hall–Kier alpha value is -2.84. The Bertz CT molecular complexity index is 796. The van der Waals surface area contributed by atoms with Gasteiger partial charge in [0.15, 0.2) is 11.5 Å². The second kappa shape index (κ2) is 6.95. The van der Waals surface area contributed by atoms with Gasteiger partial charge in [0.2, 0.25) is 6.79 Å². The van der Waals surface area contributed by atoms with Crippen molar-refractivity contribution in [3.63, 3.8) is 0 Å². The van der Waals surface area contributed by atoms with Crippen LogP contribution in [0.1, 0.15) is 5.56 Å². The third kappa shape index (κ3) is 4.09. The van der Waals surface area contributed by atoms with Crippen molar-refractivity contribution >= 4 is 23.3 Å². The molecule has 0 saturated carbocycles. The van der Waals surface area contributed by atoms with E-state index in [9.17, 15) is 4.79 Å². The summed E-state index contributed by atoms with van der Waals surface area (Å²) in [6.45, 7) is 0.424. The second-order valence-corrected chi connectivity index (χ2v) is 5.12. The zero-order valence-electron chi connectivity index (χ0n) is 12.1. The van der Waals surface area contributed by atoms with E-state index in [1.165, 1.54) is 0 Å². The number of ether oxygens (including phenoxy) is 2. The van der Waals surface area contributed by atoms with E-state index >= 15 is 0 Å². The van der Waals surface area contributed by atoms with Gasteiger partial charge >= 0.3 is 6.03 Å². The van der Waals surface area contributed by atoms with Crippen LogP contribution in [0, 0.1) is 11.8 Å². The summed E-state index contributed by atoms with van der Waals surface area (Å²) in [5.41, 5.74) is 1.42. The first-order chi connectivity index (χ1) is 11.2. The fraction of sp³-hybridized carbons (Fsp3) is 0.118. The monoisotopic (exact) mass is 328 g/mol. The van der Waals surface area contributed by atoms with Crippen LogP contribution >= 0.6 is 11.6 Å². The van der Waals surface area contributed by atoms with Gasteiger partial charge in [0.25, 0.3) is 0 Å². The minimum Gasteiger partial charge on any atom is -0.454 e. The number of benzene rings is 2. The summed E-state index contributed by atoms with van der Waals surface area (Å²) >= 11 is 5.87. The molecule has 0 spiro atoms. The third-order valence-electron chi connectivity index (χ3n) is 3.03. The summed E-state index contributed by atoms with van der Waals surface area (Å²) in [5.74, 6) is 7.07. The normalized spacial score (nSPS) is 11.3. The second-order valence-electron chi connectivity index (χ2n) is 4.69. The number of hydrogen-bond donors (Lipinski definition) is 2. The molecule has 2 N–H and O–H groups in total. The molecule has 1 aliphatic heterocycles. The minimum atomic E-state index is -0.343. The fourth-order valence-electron chi connectivity index (χ4n) is 1.99. The Kier molecular flexibility index (Phi) is 4.55. The highest BCUT2D eigenvalue weighted by atomic mass is 35.5. The van der Waals surface area contributed by atoms with Crippen LogP contribution in [-0.2, 0) is 0 Å². The predicted octanol–water partition coefficient (Wildman–Crippen LogP) is 3.24. The number of nitrogens with one attached hydrogen (secondary N) is 2. The average molecular weight is 329 g/mol. The van der Waals surface area contributed by atoms with E-state index in [1.807, 2.05) is 12.1 Å². The highest BCUT2D eigenvalue weighted by Crippen LogP contribution is 2.34. The standard InChI is InChI=1S/C17H13ClN2O3/c18-13-5-1-3-12(9-13)4-2-8-19-17(21)20-14-6-7-15-16(10-14)23-11-22-15/h1,3,5-7,9-10H,8,11H2,(H2,19,20,21). The molecule has 0 bridgehead atoms. The van der Waals surface area contributed by atoms with Crippen LogP contribution in [0.5, 0.6) is 11.5 Å². The molecule has 2 amide bonds. The molecule has 0 unspecified atom stereocenters. The van der Waals surface area contributed by atoms with Crippen molar-refractivity contribution in [3.05, 3.63) is 53.1 Å². The highest BCUT2D eigenvalue weighted by Gasteiger charge is 2.13. The lowest BCUT2D eigenvalue weighted by atomic mass is 10.2. The van der Waals surface area contributed by atoms with Crippen LogP contribution in [-0.4, -0.2) is 19.4 Å². The Morgan fingerprint density at radius 1 is 1.17 bits per heavy atom. The van der Waals surface area contributed by atoms with Gasteiger partial charge in [-0.15, -0.1) is 0 Å². The summed E-state index contributed by atoms with van der Waals surface area (Å²) in [4.78, 5) is 11.8. The first kappa shape index (κ1) is 15.1. The zero-order valence-corrected chi connectivity index (χ0v) is 12.8. The van der Waals surface area contributed by atoms with Gasteiger partial charge in [-0.1, -0.05) is 29.5 Å². The van der Waals surface area contributed by atoms with E-state index in [1.54, 1.807) is 30.3 Å². The van der Waals surface area contributed by atoms with Crippen LogP contribution in [0.15, 0.2) is 42.5 Å². The van der Waals surface area contributed by atoms with Crippen LogP contribution in [0.3, 0.4) is 0 Å². The molecule has 1 heterocycles. The number of rotatable bonds is 2. The van der Waals surface area contributed by atoms with Crippen molar-refractivity contribution in [2.75, 3.05) is 18.7 Å². The van der Waals surface area contributed by atoms with Gasteiger partial charge in [0.05, 0.1) is 6.54 Å². The van der Waals surface area contributed by atoms with Crippen molar-refractivity contribution in [3.8, 4) is 23.3 Å². The molecule has 6 heteroatoms. The van der Waals surface area contributed by atoms with E-state index in [0.717, 1.165) is 5.56 Å². The van der Waals surface area contributed by atoms with Crippen LogP contribution in [0.25, 0.3) is 0 Å². The number of halogens is 1. The van der Waals surface area contributed by atoms with Gasteiger partial charge in [-0.2, -0.15) is 0 Å². The topological polar surface area (TPSA) is 59.6 Å². The lowest BCUT2D eigenvalue weighted by Crippen LogP contribution is -2.28. The Labute approximate surface area is 138 Å². The van der Waals surface area contributed by atoms with E-state index < -0.39 is 0 Å². The van der Waals surface area contributed by atoms with Crippen LogP contribution in [0.4, 0.5) is 10.5 Å². The summed E-state index contributed by atoms with van der Waals surface area (Å²) in [6, 6.07) is 12.1. The molecule has 0 aromatic heterocycles. The maximum Gasteiger partial charge on any atom is 0.319 e. The molecule has 0 atom stereocenters. The number of urea groups is 1. The van der Waals surface area contributed by atoms with E-state index in [0.29, 0.717) is 22.2 Å². The molecule has 116 valence electrons. The molecule has 23 heavy (non-hydrogen) atoms. The Morgan fingerprint density at radius 3 is 2.91 bits per heavy atom. The molecule has 0 saturated heterocycles. The largest absolute Gasteiger partial charge is 0.454 e. The summed E-state index contributed by atoms with van der Waals surface area (Å²) in [5, 5.41) is 5.99. The van der Waals surface area contributed by atoms with Crippen molar-refractivity contribution in [1.29, 1.82) is 0 Å². The maximum atomic E-state index is 11.8. The Balaban J connectivity index is 1.50. The van der Waals surface area contributed by atoms with E-state index in [-0.39, 0.29) is 19.4 Å². The molecule has 0 aliphatic carbocycles.